The highest BCUT2D eigenvalue weighted by atomic mass is 35.5. The lowest BCUT2D eigenvalue weighted by Gasteiger charge is -2.33. The molecule has 0 aliphatic carbocycles. The van der Waals surface area contributed by atoms with Gasteiger partial charge in [0.15, 0.2) is 24.1 Å². The number of esters is 1. The summed E-state index contributed by atoms with van der Waals surface area (Å²) >= 11 is 5.93. The van der Waals surface area contributed by atoms with Gasteiger partial charge in [0.25, 0.3) is 0 Å². The molecular formula is C31H34ClF2N5O5Si. The predicted octanol–water partition coefficient (Wildman–Crippen LogP) is 5.34. The normalized spacial score (nSPS) is 18.1. The maximum atomic E-state index is 15.6. The largest absolute Gasteiger partial charge is 0.456 e. The molecule has 238 valence electrons. The Hall–Kier alpha value is -3.94. The number of rotatable bonds is 11. The second-order valence-corrected chi connectivity index (χ2v) is 18.3. The van der Waals surface area contributed by atoms with Crippen molar-refractivity contribution < 1.29 is 32.6 Å². The van der Waals surface area contributed by atoms with Crippen molar-refractivity contribution in [3.8, 4) is 11.5 Å². The zero-order valence-corrected chi connectivity index (χ0v) is 26.9. The number of carbonyl (C=O) groups excluding carboxylic acids is 3. The monoisotopic (exact) mass is 657 g/mol. The molecule has 2 atom stereocenters. The van der Waals surface area contributed by atoms with Crippen LogP contribution in [0.5, 0.6) is 0 Å². The van der Waals surface area contributed by atoms with E-state index in [1.54, 1.807) is 10.8 Å². The van der Waals surface area contributed by atoms with Crippen LogP contribution < -0.4 is 5.73 Å². The van der Waals surface area contributed by atoms with E-state index < -0.39 is 56.1 Å². The van der Waals surface area contributed by atoms with E-state index in [-0.39, 0.29) is 52.9 Å². The van der Waals surface area contributed by atoms with Gasteiger partial charge in [-0.25, -0.2) is 23.5 Å². The first-order chi connectivity index (χ1) is 21.4. The van der Waals surface area contributed by atoms with Crippen LogP contribution in [0.3, 0.4) is 0 Å². The van der Waals surface area contributed by atoms with Crippen molar-refractivity contribution in [2.75, 3.05) is 18.9 Å². The first-order valence-corrected chi connectivity index (χ1v) is 18.6. The highest BCUT2D eigenvalue weighted by molar-refractivity contribution is 6.76. The molecule has 1 saturated heterocycles. The van der Waals surface area contributed by atoms with Gasteiger partial charge in [0.05, 0.1) is 10.6 Å². The molecule has 1 fully saturated rings. The molecule has 0 saturated carbocycles. The fourth-order valence-electron chi connectivity index (χ4n) is 5.55. The van der Waals surface area contributed by atoms with Gasteiger partial charge in [-0.2, -0.15) is 0 Å². The van der Waals surface area contributed by atoms with E-state index in [1.807, 2.05) is 0 Å². The van der Waals surface area contributed by atoms with Crippen molar-refractivity contribution in [3.63, 3.8) is 0 Å². The second kappa shape index (κ2) is 13.2. The van der Waals surface area contributed by atoms with Crippen LogP contribution in [-0.2, 0) is 25.8 Å². The number of benzene rings is 1. The smallest absolute Gasteiger partial charge is 0.329 e. The number of fused-ring (bicyclic) bond motifs is 1. The number of amides is 1. The minimum atomic E-state index is -1.28. The minimum Gasteiger partial charge on any atom is -0.456 e. The van der Waals surface area contributed by atoms with Gasteiger partial charge < -0.3 is 24.7 Å². The minimum absolute atomic E-state index is 0.0721. The molecule has 3 aromatic rings. The summed E-state index contributed by atoms with van der Waals surface area (Å²) in [5.41, 5.74) is 6.15. The van der Waals surface area contributed by atoms with E-state index in [0.717, 1.165) is 6.04 Å². The van der Waals surface area contributed by atoms with Crippen LogP contribution in [0, 0.1) is 11.6 Å². The Bertz CT molecular complexity index is 1670. The zero-order valence-electron chi connectivity index (χ0n) is 25.2. The van der Waals surface area contributed by atoms with Crippen molar-refractivity contribution in [2.45, 2.75) is 63.8 Å². The number of aromatic nitrogens is 3. The van der Waals surface area contributed by atoms with E-state index in [4.69, 9.17) is 26.8 Å². The van der Waals surface area contributed by atoms with Crippen molar-refractivity contribution >= 4 is 48.6 Å². The van der Waals surface area contributed by atoms with Crippen LogP contribution in [0.2, 0.25) is 30.7 Å². The number of halogens is 3. The van der Waals surface area contributed by atoms with Crippen LogP contribution in [0.4, 0.5) is 14.5 Å². The SMILES string of the molecule is C[Si](C)(C)CCOCn1ccnc1-c1nccc(C(=O)COC(=O)[C@@H]2CC[C@H]3CC(c4c(N)ccc(Cl)c4F)=CC(=O)N32)c1F. The lowest BCUT2D eigenvalue weighted by atomic mass is 9.92. The highest BCUT2D eigenvalue weighted by Crippen LogP contribution is 2.40. The number of pyridine rings is 1. The van der Waals surface area contributed by atoms with Gasteiger partial charge in [-0.3, -0.25) is 9.59 Å². The summed E-state index contributed by atoms with van der Waals surface area (Å²) < 4.78 is 43.0. The lowest BCUT2D eigenvalue weighted by molar-refractivity contribution is -0.152. The van der Waals surface area contributed by atoms with E-state index in [9.17, 15) is 18.8 Å². The summed E-state index contributed by atoms with van der Waals surface area (Å²) in [6, 6.07) is 3.65. The third-order valence-electron chi connectivity index (χ3n) is 7.92. The molecule has 2 aliphatic heterocycles. The summed E-state index contributed by atoms with van der Waals surface area (Å²) in [6.45, 7) is 6.70. The van der Waals surface area contributed by atoms with Crippen LogP contribution >= 0.6 is 11.6 Å². The van der Waals surface area contributed by atoms with Crippen molar-refractivity contribution in [1.29, 1.82) is 0 Å². The number of nitrogens with zero attached hydrogens (tertiary/aromatic N) is 4. The molecule has 2 aromatic heterocycles. The van der Waals surface area contributed by atoms with E-state index in [1.165, 1.54) is 41.6 Å². The zero-order chi connectivity index (χ0) is 32.5. The molecule has 2 aliphatic rings. The van der Waals surface area contributed by atoms with Crippen LogP contribution in [0.1, 0.15) is 35.2 Å². The van der Waals surface area contributed by atoms with Gasteiger partial charge in [-0.15, -0.1) is 0 Å². The Labute approximate surface area is 265 Å². The summed E-state index contributed by atoms with van der Waals surface area (Å²) in [4.78, 5) is 48.8. The summed E-state index contributed by atoms with van der Waals surface area (Å²) in [7, 11) is -1.28. The average molecular weight is 658 g/mol. The Morgan fingerprint density at radius 2 is 1.89 bits per heavy atom. The summed E-state index contributed by atoms with van der Waals surface area (Å²) in [5, 5.41) is -0.114. The Morgan fingerprint density at radius 1 is 1.11 bits per heavy atom. The molecule has 1 amide bonds. The molecule has 5 rings (SSSR count). The average Bonchev–Trinajstić information content (AvgIpc) is 3.63. The molecule has 0 spiro atoms. The molecule has 10 nitrogen and oxygen atoms in total. The highest BCUT2D eigenvalue weighted by Gasteiger charge is 2.44. The van der Waals surface area contributed by atoms with Gasteiger partial charge >= 0.3 is 5.97 Å². The van der Waals surface area contributed by atoms with Gasteiger partial charge in [-0.05, 0) is 49.1 Å². The molecule has 14 heteroatoms. The Kier molecular flexibility index (Phi) is 9.51. The molecule has 2 N–H and O–H groups in total. The number of imidazole rings is 1. The topological polar surface area (TPSA) is 130 Å². The number of carbonyl (C=O) groups is 3. The maximum absolute atomic E-state index is 15.6. The quantitative estimate of drug-likeness (QED) is 0.0961. The molecule has 0 bridgehead atoms. The number of nitrogen functional groups attached to an aromatic ring is 1. The molecule has 0 radical (unpaired) electrons. The number of hydrogen-bond donors (Lipinski definition) is 1. The van der Waals surface area contributed by atoms with Crippen molar-refractivity contribution in [3.05, 3.63) is 70.6 Å². The van der Waals surface area contributed by atoms with Crippen LogP contribution in [0.15, 0.2) is 42.9 Å². The standard InChI is InChI=1S/C31H34ClF2N5O5Si/c1-45(2,3)13-12-43-17-38-11-10-37-30(38)29-27(33)20(8-9-36-29)24(40)16-44-31(42)23-7-4-19-14-18(15-25(41)39(19)23)26-22(35)6-5-21(32)28(26)34/h5-6,8-11,15,19,23H,4,7,12-14,16-17,35H2,1-3H3/t19-,23-/m0/s1. The number of nitrogens with two attached hydrogens (primary N) is 1. The predicted molar refractivity (Wildman–Crippen MR) is 167 cm³/mol. The van der Waals surface area contributed by atoms with Gasteiger partial charge in [0, 0.05) is 56.6 Å². The lowest BCUT2D eigenvalue weighted by Crippen LogP contribution is -2.47. The maximum Gasteiger partial charge on any atom is 0.329 e. The summed E-state index contributed by atoms with van der Waals surface area (Å²) in [6.07, 6.45) is 6.66. The van der Waals surface area contributed by atoms with Crippen LogP contribution in [-0.4, -0.2) is 70.5 Å². The summed E-state index contributed by atoms with van der Waals surface area (Å²) in [5.74, 6) is -3.48. The molecule has 45 heavy (non-hydrogen) atoms. The van der Waals surface area contributed by atoms with Gasteiger partial charge in [0.1, 0.15) is 18.5 Å². The Morgan fingerprint density at radius 3 is 2.64 bits per heavy atom. The third kappa shape index (κ3) is 7.00. The number of hydrogen-bond acceptors (Lipinski definition) is 8. The van der Waals surface area contributed by atoms with E-state index in [0.29, 0.717) is 18.6 Å². The number of anilines is 1. The fraction of sp³-hybridized carbons (Fsp3) is 0.387. The van der Waals surface area contributed by atoms with Crippen molar-refractivity contribution in [1.82, 2.24) is 19.4 Å². The fourth-order valence-corrected chi connectivity index (χ4v) is 6.46. The first kappa shape index (κ1) is 32.5. The molecular weight excluding hydrogens is 624 g/mol. The van der Waals surface area contributed by atoms with Gasteiger partial charge in [-0.1, -0.05) is 31.2 Å². The first-order valence-electron chi connectivity index (χ1n) is 14.6. The molecule has 0 unspecified atom stereocenters. The third-order valence-corrected chi connectivity index (χ3v) is 9.92. The Balaban J connectivity index is 1.23. The number of Topliss-reactive ketones (excluding diaryl/α,β-unsaturated/α-hetero) is 1. The van der Waals surface area contributed by atoms with Crippen molar-refractivity contribution in [2.24, 2.45) is 0 Å². The van der Waals surface area contributed by atoms with E-state index in [2.05, 4.69) is 29.6 Å². The number of ether oxygens (including phenoxy) is 2. The number of ketones is 1. The van der Waals surface area contributed by atoms with E-state index >= 15 is 4.39 Å². The molecule has 4 heterocycles. The second-order valence-electron chi connectivity index (χ2n) is 12.3. The van der Waals surface area contributed by atoms with Crippen LogP contribution in [0.25, 0.3) is 17.1 Å². The molecule has 1 aromatic carbocycles. The van der Waals surface area contributed by atoms with Gasteiger partial charge in [0.2, 0.25) is 11.7 Å².